The molecule has 0 spiro atoms. The van der Waals surface area contributed by atoms with Gasteiger partial charge in [0, 0.05) is 50.7 Å². The Labute approximate surface area is 214 Å². The second kappa shape index (κ2) is 9.53. The monoisotopic (exact) mass is 533 g/mol. The van der Waals surface area contributed by atoms with Gasteiger partial charge in [0.1, 0.15) is 22.3 Å². The molecule has 0 unspecified atom stereocenters. The Morgan fingerprint density at radius 1 is 1.06 bits per heavy atom. The van der Waals surface area contributed by atoms with Crippen molar-refractivity contribution in [2.75, 3.05) is 31.1 Å². The van der Waals surface area contributed by atoms with E-state index in [9.17, 15) is 14.0 Å². The number of H-pyrrole nitrogens is 1. The van der Waals surface area contributed by atoms with Gasteiger partial charge in [-0.3, -0.25) is 14.0 Å². The lowest BCUT2D eigenvalue weighted by molar-refractivity contribution is 0.0741. The summed E-state index contributed by atoms with van der Waals surface area (Å²) in [7, 11) is 0. The van der Waals surface area contributed by atoms with Crippen LogP contribution < -0.4 is 10.5 Å². The van der Waals surface area contributed by atoms with Crippen molar-refractivity contribution in [3.05, 3.63) is 97.0 Å². The van der Waals surface area contributed by atoms with E-state index in [0.717, 1.165) is 0 Å². The highest BCUT2D eigenvalue weighted by atomic mass is 35.5. The van der Waals surface area contributed by atoms with Crippen LogP contribution in [0.3, 0.4) is 0 Å². The SMILES string of the molecule is O=C(c1cc(Cc2c[nH]c(=O)c3cc(Cl)c(Cl)n23)ccc1F)N1CCN(c2ncccc2Cl)CC1. The Kier molecular flexibility index (Phi) is 6.44. The first kappa shape index (κ1) is 23.7. The van der Waals surface area contributed by atoms with Crippen LogP contribution in [0.1, 0.15) is 21.6 Å². The van der Waals surface area contributed by atoms with Crippen molar-refractivity contribution in [1.82, 2.24) is 19.3 Å². The number of hydrogen-bond acceptors (Lipinski definition) is 4. The van der Waals surface area contributed by atoms with Gasteiger partial charge in [-0.2, -0.15) is 0 Å². The highest BCUT2D eigenvalue weighted by molar-refractivity contribution is 6.42. The number of nitrogens with one attached hydrogen (secondary N) is 1. The standard InChI is InChI=1S/C24H19Cl3FN5O2/c25-17-2-1-5-29-22(17)31-6-8-32(9-7-31)24(35)16-11-14(3-4-19(16)28)10-15-13-30-23(34)20-12-18(26)21(27)33(15)20/h1-5,11-13H,6-10H2,(H,30,34). The van der Waals surface area contributed by atoms with E-state index in [1.165, 1.54) is 24.4 Å². The first-order valence-corrected chi connectivity index (χ1v) is 12.0. The normalized spacial score (nSPS) is 14.1. The number of anilines is 1. The number of piperazine rings is 1. The Bertz CT molecular complexity index is 1490. The largest absolute Gasteiger partial charge is 0.352 e. The molecule has 0 radical (unpaired) electrons. The predicted octanol–water partition coefficient (Wildman–Crippen LogP) is 4.68. The number of carbonyl (C=O) groups excluding carboxylic acids is 1. The summed E-state index contributed by atoms with van der Waals surface area (Å²) < 4.78 is 16.3. The van der Waals surface area contributed by atoms with Gasteiger partial charge in [0.25, 0.3) is 11.5 Å². The van der Waals surface area contributed by atoms with Gasteiger partial charge in [-0.1, -0.05) is 40.9 Å². The van der Waals surface area contributed by atoms with Gasteiger partial charge in [-0.05, 0) is 35.9 Å². The van der Waals surface area contributed by atoms with Crippen molar-refractivity contribution in [2.45, 2.75) is 6.42 Å². The molecule has 0 atom stereocenters. The smallest absolute Gasteiger partial charge is 0.272 e. The summed E-state index contributed by atoms with van der Waals surface area (Å²) in [6.07, 6.45) is 3.50. The van der Waals surface area contributed by atoms with Crippen LogP contribution in [-0.4, -0.2) is 51.4 Å². The molecule has 1 fully saturated rings. The van der Waals surface area contributed by atoms with Crippen LogP contribution in [0.25, 0.3) is 5.52 Å². The summed E-state index contributed by atoms with van der Waals surface area (Å²) in [6, 6.07) is 9.44. The molecule has 0 bridgehead atoms. The van der Waals surface area contributed by atoms with Crippen molar-refractivity contribution in [3.63, 3.8) is 0 Å². The van der Waals surface area contributed by atoms with E-state index in [-0.39, 0.29) is 27.2 Å². The molecule has 0 saturated carbocycles. The van der Waals surface area contributed by atoms with Crippen LogP contribution >= 0.6 is 34.8 Å². The van der Waals surface area contributed by atoms with E-state index in [2.05, 4.69) is 9.97 Å². The Hall–Kier alpha value is -3.07. The van der Waals surface area contributed by atoms with E-state index >= 15 is 0 Å². The lowest BCUT2D eigenvalue weighted by Gasteiger charge is -2.35. The number of aromatic amines is 1. The number of amides is 1. The summed E-state index contributed by atoms with van der Waals surface area (Å²) in [6.45, 7) is 1.89. The molecule has 1 aliphatic rings. The first-order valence-electron chi connectivity index (χ1n) is 10.8. The number of hydrogen-bond donors (Lipinski definition) is 1. The molecular formula is C24H19Cl3FN5O2. The number of fused-ring (bicyclic) bond motifs is 1. The summed E-state index contributed by atoms with van der Waals surface area (Å²) >= 11 is 18.7. The van der Waals surface area contributed by atoms with Crippen molar-refractivity contribution in [1.29, 1.82) is 0 Å². The number of carbonyl (C=O) groups is 1. The number of pyridine rings is 1. The fourth-order valence-corrected chi connectivity index (χ4v) is 4.96. The third-order valence-corrected chi connectivity index (χ3v) is 7.09. The number of aromatic nitrogens is 3. The topological polar surface area (TPSA) is 73.7 Å². The molecule has 4 heterocycles. The van der Waals surface area contributed by atoms with Crippen molar-refractivity contribution in [2.24, 2.45) is 0 Å². The summed E-state index contributed by atoms with van der Waals surface area (Å²) in [5, 5.41) is 1.02. The molecule has 1 aliphatic heterocycles. The molecule has 1 saturated heterocycles. The van der Waals surface area contributed by atoms with Crippen molar-refractivity contribution < 1.29 is 9.18 Å². The summed E-state index contributed by atoms with van der Waals surface area (Å²) in [5.74, 6) is -0.308. The molecule has 5 rings (SSSR count). The van der Waals surface area contributed by atoms with Gasteiger partial charge in [0.15, 0.2) is 0 Å². The zero-order chi connectivity index (χ0) is 24.7. The zero-order valence-corrected chi connectivity index (χ0v) is 20.5. The molecule has 0 aliphatic carbocycles. The maximum Gasteiger partial charge on any atom is 0.272 e. The van der Waals surface area contributed by atoms with E-state index in [4.69, 9.17) is 34.8 Å². The third-order valence-electron chi connectivity index (χ3n) is 6.04. The maximum absolute atomic E-state index is 14.7. The molecule has 35 heavy (non-hydrogen) atoms. The average molecular weight is 535 g/mol. The molecule has 4 aromatic rings. The predicted molar refractivity (Wildman–Crippen MR) is 135 cm³/mol. The second-order valence-corrected chi connectivity index (χ2v) is 9.36. The van der Waals surface area contributed by atoms with E-state index < -0.39 is 5.82 Å². The molecule has 180 valence electrons. The van der Waals surface area contributed by atoms with E-state index in [1.54, 1.807) is 33.7 Å². The van der Waals surface area contributed by atoms with Crippen LogP contribution in [0.2, 0.25) is 15.2 Å². The highest BCUT2D eigenvalue weighted by Gasteiger charge is 2.26. The minimum atomic E-state index is -0.595. The molecule has 1 N–H and O–H groups in total. The quantitative estimate of drug-likeness (QED) is 0.413. The van der Waals surface area contributed by atoms with Crippen molar-refractivity contribution >= 4 is 52.0 Å². The summed E-state index contributed by atoms with van der Waals surface area (Å²) in [4.78, 5) is 35.9. The minimum absolute atomic E-state index is 0.0101. The zero-order valence-electron chi connectivity index (χ0n) is 18.3. The molecule has 11 heteroatoms. The lowest BCUT2D eigenvalue weighted by atomic mass is 10.0. The van der Waals surface area contributed by atoms with Gasteiger partial charge in [0.05, 0.1) is 15.6 Å². The van der Waals surface area contributed by atoms with Gasteiger partial charge < -0.3 is 14.8 Å². The number of rotatable bonds is 4. The Morgan fingerprint density at radius 2 is 1.83 bits per heavy atom. The van der Waals surface area contributed by atoms with Crippen LogP contribution in [0.4, 0.5) is 10.2 Å². The van der Waals surface area contributed by atoms with Gasteiger partial charge >= 0.3 is 0 Å². The second-order valence-electron chi connectivity index (χ2n) is 8.19. The molecule has 7 nitrogen and oxygen atoms in total. The lowest BCUT2D eigenvalue weighted by Crippen LogP contribution is -2.49. The van der Waals surface area contributed by atoms with Crippen molar-refractivity contribution in [3.8, 4) is 0 Å². The fourth-order valence-electron chi connectivity index (χ4n) is 4.28. The Balaban J connectivity index is 1.36. The van der Waals surface area contributed by atoms with Gasteiger partial charge in [-0.25, -0.2) is 9.37 Å². The van der Waals surface area contributed by atoms with Crippen LogP contribution in [0, 0.1) is 5.82 Å². The number of halogens is 4. The number of nitrogens with zero attached hydrogens (tertiary/aromatic N) is 4. The molecule has 1 amide bonds. The maximum atomic E-state index is 14.7. The molecule has 1 aromatic carbocycles. The fraction of sp³-hybridized carbons (Fsp3) is 0.208. The van der Waals surface area contributed by atoms with Crippen LogP contribution in [0.5, 0.6) is 0 Å². The minimum Gasteiger partial charge on any atom is -0.352 e. The molecule has 3 aromatic heterocycles. The van der Waals surface area contributed by atoms with Gasteiger partial charge in [-0.15, -0.1) is 0 Å². The first-order chi connectivity index (χ1) is 16.8. The van der Waals surface area contributed by atoms with Crippen LogP contribution in [-0.2, 0) is 6.42 Å². The third kappa shape index (κ3) is 4.49. The van der Waals surface area contributed by atoms with E-state index in [0.29, 0.717) is 60.2 Å². The summed E-state index contributed by atoms with van der Waals surface area (Å²) in [5.41, 5.74) is 1.29. The van der Waals surface area contributed by atoms with Crippen LogP contribution in [0.15, 0.2) is 53.6 Å². The molecular weight excluding hydrogens is 516 g/mol. The Morgan fingerprint density at radius 3 is 2.57 bits per heavy atom. The average Bonchev–Trinajstić information content (AvgIpc) is 3.17. The number of benzene rings is 1. The van der Waals surface area contributed by atoms with Gasteiger partial charge in [0.2, 0.25) is 0 Å². The van der Waals surface area contributed by atoms with E-state index in [1.807, 2.05) is 4.90 Å². The highest BCUT2D eigenvalue weighted by Crippen LogP contribution is 2.27.